The molecule has 2 aliphatic heterocycles. The third-order valence-corrected chi connectivity index (χ3v) is 10.1. The third kappa shape index (κ3) is 9.81. The first-order valence-corrected chi connectivity index (χ1v) is 17.2. The minimum Gasteiger partial charge on any atom is -0.484 e. The van der Waals surface area contributed by atoms with E-state index < -0.39 is 34.4 Å². The Morgan fingerprint density at radius 2 is 1.49 bits per heavy atom. The predicted octanol–water partition coefficient (Wildman–Crippen LogP) is 2.31. The van der Waals surface area contributed by atoms with Gasteiger partial charge in [-0.15, -0.1) is 0 Å². The quantitative estimate of drug-likeness (QED) is 0.278. The normalized spacial score (nSPS) is 16.7. The van der Waals surface area contributed by atoms with Crippen LogP contribution in [0.4, 0.5) is 4.39 Å². The fraction of sp³-hybridized carbons (Fsp3) is 0.412. The van der Waals surface area contributed by atoms with E-state index in [4.69, 9.17) is 14.2 Å². The molecule has 2 fully saturated rings. The van der Waals surface area contributed by atoms with E-state index in [9.17, 15) is 22.4 Å². The maximum atomic E-state index is 13.9. The summed E-state index contributed by atoms with van der Waals surface area (Å²) in [5.41, 5.74) is 1.52. The maximum Gasteiger partial charge on any atom is 0.261 e. The number of ether oxygens (including phenoxy) is 3. The van der Waals surface area contributed by atoms with Gasteiger partial charge in [0, 0.05) is 52.2 Å². The summed E-state index contributed by atoms with van der Waals surface area (Å²) in [5, 5.41) is 3.02. The number of morpholine rings is 2. The monoisotopic (exact) mass is 668 g/mol. The van der Waals surface area contributed by atoms with E-state index in [1.54, 1.807) is 12.1 Å². The van der Waals surface area contributed by atoms with Crippen LogP contribution in [0.25, 0.3) is 0 Å². The summed E-state index contributed by atoms with van der Waals surface area (Å²) in [6.07, 6.45) is 0.255. The number of carbonyl (C=O) groups excluding carboxylic acids is 2. The van der Waals surface area contributed by atoms with E-state index in [0.29, 0.717) is 50.8 Å². The van der Waals surface area contributed by atoms with Crippen molar-refractivity contribution in [3.05, 3.63) is 95.8 Å². The van der Waals surface area contributed by atoms with E-state index in [-0.39, 0.29) is 36.9 Å². The Labute approximate surface area is 275 Å². The highest BCUT2D eigenvalue weighted by Crippen LogP contribution is 2.21. The molecular weight excluding hydrogens is 627 g/mol. The lowest BCUT2D eigenvalue weighted by molar-refractivity contribution is -0.142. The molecule has 2 aliphatic rings. The fourth-order valence-electron chi connectivity index (χ4n) is 5.49. The Hall–Kier alpha value is -3.88. The molecule has 0 aliphatic carbocycles. The van der Waals surface area contributed by atoms with Crippen LogP contribution in [0.15, 0.2) is 83.8 Å². The number of nitrogens with zero attached hydrogens (tertiary/aromatic N) is 3. The van der Waals surface area contributed by atoms with Crippen LogP contribution >= 0.6 is 0 Å². The zero-order chi connectivity index (χ0) is 33.1. The number of rotatable bonds is 14. The fourth-order valence-corrected chi connectivity index (χ4v) is 6.90. The largest absolute Gasteiger partial charge is 0.484 e. The number of nitrogens with one attached hydrogen (secondary N) is 1. The molecule has 0 unspecified atom stereocenters. The second kappa shape index (κ2) is 16.8. The highest BCUT2D eigenvalue weighted by Gasteiger charge is 2.31. The first-order chi connectivity index (χ1) is 22.8. The molecule has 11 nitrogen and oxygen atoms in total. The van der Waals surface area contributed by atoms with Crippen molar-refractivity contribution in [2.75, 3.05) is 72.3 Å². The van der Waals surface area contributed by atoms with Crippen LogP contribution in [0.2, 0.25) is 0 Å². The zero-order valence-electron chi connectivity index (χ0n) is 26.3. The molecule has 1 N–H and O–H groups in total. The highest BCUT2D eigenvalue weighted by atomic mass is 32.2. The summed E-state index contributed by atoms with van der Waals surface area (Å²) in [4.78, 5) is 31.5. The molecule has 0 bridgehead atoms. The van der Waals surface area contributed by atoms with Gasteiger partial charge in [0.05, 0.1) is 31.3 Å². The number of hydrogen-bond donors (Lipinski definition) is 1. The molecule has 2 saturated heterocycles. The minimum absolute atomic E-state index is 0.0492. The Kier molecular flexibility index (Phi) is 12.3. The molecule has 13 heteroatoms. The number of benzene rings is 3. The second-order valence-corrected chi connectivity index (χ2v) is 13.3. The van der Waals surface area contributed by atoms with Crippen LogP contribution in [0.3, 0.4) is 0 Å². The van der Waals surface area contributed by atoms with Crippen molar-refractivity contribution in [1.82, 2.24) is 19.4 Å². The number of carbonyl (C=O) groups is 2. The average Bonchev–Trinajstić information content (AvgIpc) is 3.11. The Balaban J connectivity index is 1.32. The van der Waals surface area contributed by atoms with Gasteiger partial charge < -0.3 is 24.4 Å². The van der Waals surface area contributed by atoms with Gasteiger partial charge in [0.2, 0.25) is 15.9 Å². The van der Waals surface area contributed by atoms with Crippen LogP contribution in [-0.2, 0) is 42.1 Å². The van der Waals surface area contributed by atoms with Gasteiger partial charge in [0.15, 0.2) is 6.61 Å². The van der Waals surface area contributed by atoms with Gasteiger partial charge in [-0.05, 0) is 47.5 Å². The van der Waals surface area contributed by atoms with Crippen molar-refractivity contribution >= 4 is 21.8 Å². The van der Waals surface area contributed by atoms with Crippen LogP contribution in [-0.4, -0.2) is 113 Å². The number of hydrogen-bond acceptors (Lipinski definition) is 8. The second-order valence-electron chi connectivity index (χ2n) is 11.4. The summed E-state index contributed by atoms with van der Waals surface area (Å²) in [5.74, 6) is -0.870. The SMILES string of the molecule is O=C(NCCN1CCOCC1)[C@H](Cc1ccccc1)N(Cc1ccc(F)cc1)C(=O)COc1ccc(S(=O)(=O)N2CCOCC2)cc1. The van der Waals surface area contributed by atoms with Crippen LogP contribution in [0.5, 0.6) is 5.75 Å². The molecule has 3 aromatic rings. The number of amides is 2. The van der Waals surface area contributed by atoms with E-state index in [2.05, 4.69) is 10.2 Å². The topological polar surface area (TPSA) is 118 Å². The average molecular weight is 669 g/mol. The number of halogens is 1. The molecule has 0 aromatic heterocycles. The maximum absolute atomic E-state index is 13.9. The van der Waals surface area contributed by atoms with E-state index in [0.717, 1.165) is 18.7 Å². The van der Waals surface area contributed by atoms with Gasteiger partial charge in [0.1, 0.15) is 17.6 Å². The van der Waals surface area contributed by atoms with Gasteiger partial charge in [-0.1, -0.05) is 42.5 Å². The molecule has 47 heavy (non-hydrogen) atoms. The third-order valence-electron chi connectivity index (χ3n) is 8.16. The molecule has 3 aromatic carbocycles. The van der Waals surface area contributed by atoms with E-state index in [1.165, 1.54) is 45.6 Å². The standard InChI is InChI=1S/C34H41FN4O7S/c35-29-8-6-28(7-9-29)25-39(32(24-27-4-2-1-3-5-27)34(41)36-14-15-37-16-20-44-21-17-37)33(40)26-46-30-10-12-31(13-11-30)47(42,43)38-18-22-45-23-19-38/h1-13,32H,14-26H2,(H,36,41)/t32-/m0/s1. The van der Waals surface area contributed by atoms with Crippen molar-refractivity contribution in [3.8, 4) is 5.75 Å². The van der Waals surface area contributed by atoms with Crippen molar-refractivity contribution in [2.45, 2.75) is 23.9 Å². The predicted molar refractivity (Wildman–Crippen MR) is 173 cm³/mol. The summed E-state index contributed by atoms with van der Waals surface area (Å²) in [6, 6.07) is 20.2. The summed E-state index contributed by atoms with van der Waals surface area (Å²) in [7, 11) is -3.68. The van der Waals surface area contributed by atoms with Crippen LogP contribution < -0.4 is 10.1 Å². The molecule has 5 rings (SSSR count). The van der Waals surface area contributed by atoms with Gasteiger partial charge in [-0.25, -0.2) is 12.8 Å². The molecule has 1 atom stereocenters. The van der Waals surface area contributed by atoms with Crippen molar-refractivity contribution in [3.63, 3.8) is 0 Å². The number of sulfonamides is 1. The Bertz CT molecular complexity index is 1550. The summed E-state index contributed by atoms with van der Waals surface area (Å²) in [6.45, 7) is 4.82. The minimum atomic E-state index is -3.68. The molecule has 2 heterocycles. The Morgan fingerprint density at radius 1 is 0.851 bits per heavy atom. The molecular formula is C34H41FN4O7S. The smallest absolute Gasteiger partial charge is 0.261 e. The van der Waals surface area contributed by atoms with Crippen molar-refractivity contribution in [1.29, 1.82) is 0 Å². The molecule has 0 spiro atoms. The van der Waals surface area contributed by atoms with E-state index >= 15 is 0 Å². The molecule has 0 saturated carbocycles. The lowest BCUT2D eigenvalue weighted by Crippen LogP contribution is -2.52. The lowest BCUT2D eigenvalue weighted by Gasteiger charge is -2.32. The first kappa shape index (κ1) is 34.5. The molecule has 2 amide bonds. The zero-order valence-corrected chi connectivity index (χ0v) is 27.1. The van der Waals surface area contributed by atoms with Crippen LogP contribution in [0.1, 0.15) is 11.1 Å². The molecule has 252 valence electrons. The molecule has 0 radical (unpaired) electrons. The van der Waals surface area contributed by atoms with Gasteiger partial charge in [0.25, 0.3) is 5.91 Å². The summed E-state index contributed by atoms with van der Waals surface area (Å²) < 4.78 is 57.6. The highest BCUT2D eigenvalue weighted by molar-refractivity contribution is 7.89. The van der Waals surface area contributed by atoms with Gasteiger partial charge in [-0.2, -0.15) is 4.31 Å². The Morgan fingerprint density at radius 3 is 2.15 bits per heavy atom. The van der Waals surface area contributed by atoms with E-state index in [1.807, 2.05) is 30.3 Å². The van der Waals surface area contributed by atoms with Crippen LogP contribution in [0, 0.1) is 5.82 Å². The van der Waals surface area contributed by atoms with Gasteiger partial charge in [-0.3, -0.25) is 14.5 Å². The van der Waals surface area contributed by atoms with Crippen molar-refractivity contribution < 1.29 is 36.6 Å². The van der Waals surface area contributed by atoms with Crippen molar-refractivity contribution in [2.24, 2.45) is 0 Å². The lowest BCUT2D eigenvalue weighted by atomic mass is 10.0. The van der Waals surface area contributed by atoms with Gasteiger partial charge >= 0.3 is 0 Å². The first-order valence-electron chi connectivity index (χ1n) is 15.8. The summed E-state index contributed by atoms with van der Waals surface area (Å²) >= 11 is 0.